The van der Waals surface area contributed by atoms with Crippen LogP contribution in [0.3, 0.4) is 0 Å². The highest BCUT2D eigenvalue weighted by Gasteiger charge is 2.27. The highest BCUT2D eigenvalue weighted by atomic mass is 16.6. The quantitative estimate of drug-likeness (QED) is 0.734. The molecule has 0 N–H and O–H groups in total. The van der Waals surface area contributed by atoms with Gasteiger partial charge in [0.15, 0.2) is 6.10 Å². The lowest BCUT2D eigenvalue weighted by Gasteiger charge is -2.33. The third kappa shape index (κ3) is 3.05. The van der Waals surface area contributed by atoms with Gasteiger partial charge in [0.2, 0.25) is 0 Å². The van der Waals surface area contributed by atoms with Crippen molar-refractivity contribution in [1.82, 2.24) is 4.98 Å². The Morgan fingerprint density at radius 3 is 2.90 bits per heavy atom. The molecule has 0 saturated carbocycles. The Hall–Kier alpha value is -2.15. The summed E-state index contributed by atoms with van der Waals surface area (Å²) in [6.45, 7) is 1.41. The standard InChI is InChI=1S/C13H16N2O5/c1-18-12(16)10-7-9(3-4-14-10)15-5-6-20-11(8-15)13(17)19-2/h3-4,7,11H,5-6,8H2,1-2H3. The first-order chi connectivity index (χ1) is 9.65. The summed E-state index contributed by atoms with van der Waals surface area (Å²) < 4.78 is 14.7. The van der Waals surface area contributed by atoms with Crippen molar-refractivity contribution in [2.75, 3.05) is 38.8 Å². The molecule has 0 amide bonds. The number of nitrogens with zero attached hydrogens (tertiary/aromatic N) is 2. The molecule has 20 heavy (non-hydrogen) atoms. The third-order valence-corrected chi connectivity index (χ3v) is 3.03. The van der Waals surface area contributed by atoms with Crippen LogP contribution in [0.2, 0.25) is 0 Å². The SMILES string of the molecule is COC(=O)c1cc(N2CCOC(C(=O)OC)C2)ccn1. The summed E-state index contributed by atoms with van der Waals surface area (Å²) in [4.78, 5) is 28.9. The lowest BCUT2D eigenvalue weighted by molar-refractivity contribution is -0.154. The second-order valence-electron chi connectivity index (χ2n) is 4.22. The van der Waals surface area contributed by atoms with Gasteiger partial charge < -0.3 is 19.1 Å². The molecule has 1 aromatic heterocycles. The molecule has 0 radical (unpaired) electrons. The summed E-state index contributed by atoms with van der Waals surface area (Å²) in [5.41, 5.74) is 1.02. The van der Waals surface area contributed by atoms with Gasteiger partial charge >= 0.3 is 11.9 Å². The van der Waals surface area contributed by atoms with E-state index < -0.39 is 18.0 Å². The van der Waals surface area contributed by atoms with Crippen LogP contribution in [0, 0.1) is 0 Å². The topological polar surface area (TPSA) is 78.0 Å². The van der Waals surface area contributed by atoms with Gasteiger partial charge in [0.25, 0.3) is 0 Å². The zero-order chi connectivity index (χ0) is 14.5. The third-order valence-electron chi connectivity index (χ3n) is 3.03. The molecule has 1 aromatic rings. The number of esters is 2. The first-order valence-corrected chi connectivity index (χ1v) is 6.14. The molecule has 7 nitrogen and oxygen atoms in total. The van der Waals surface area contributed by atoms with E-state index >= 15 is 0 Å². The summed E-state index contributed by atoms with van der Waals surface area (Å²) in [6.07, 6.45) is 0.910. The molecule has 1 atom stereocenters. The number of carbonyl (C=O) groups is 2. The monoisotopic (exact) mass is 280 g/mol. The minimum absolute atomic E-state index is 0.228. The van der Waals surface area contributed by atoms with E-state index in [0.717, 1.165) is 5.69 Å². The molecule has 0 spiro atoms. The van der Waals surface area contributed by atoms with Crippen LogP contribution in [0.5, 0.6) is 0 Å². The lowest BCUT2D eigenvalue weighted by atomic mass is 10.2. The molecule has 0 bridgehead atoms. The largest absolute Gasteiger partial charge is 0.467 e. The van der Waals surface area contributed by atoms with E-state index in [1.54, 1.807) is 12.1 Å². The highest BCUT2D eigenvalue weighted by Crippen LogP contribution is 2.19. The molecule has 2 rings (SSSR count). The average Bonchev–Trinajstić information content (AvgIpc) is 2.53. The van der Waals surface area contributed by atoms with Crippen molar-refractivity contribution in [2.24, 2.45) is 0 Å². The van der Waals surface area contributed by atoms with Crippen LogP contribution >= 0.6 is 0 Å². The predicted octanol–water partition coefficient (Wildman–Crippen LogP) is 0.246. The van der Waals surface area contributed by atoms with Gasteiger partial charge in [-0.1, -0.05) is 0 Å². The molecule has 108 valence electrons. The van der Waals surface area contributed by atoms with Crippen LogP contribution in [0.25, 0.3) is 0 Å². The molecular weight excluding hydrogens is 264 g/mol. The zero-order valence-electron chi connectivity index (χ0n) is 11.4. The Morgan fingerprint density at radius 1 is 1.40 bits per heavy atom. The van der Waals surface area contributed by atoms with E-state index in [1.807, 2.05) is 4.90 Å². The van der Waals surface area contributed by atoms with Crippen molar-refractivity contribution in [2.45, 2.75) is 6.10 Å². The fourth-order valence-corrected chi connectivity index (χ4v) is 1.99. The summed E-state index contributed by atoms with van der Waals surface area (Å²) in [7, 11) is 2.63. The van der Waals surface area contributed by atoms with Crippen molar-refractivity contribution in [3.63, 3.8) is 0 Å². The van der Waals surface area contributed by atoms with E-state index in [4.69, 9.17) is 4.74 Å². The zero-order valence-corrected chi connectivity index (χ0v) is 11.4. The van der Waals surface area contributed by atoms with Gasteiger partial charge in [-0.2, -0.15) is 0 Å². The number of hydrogen-bond acceptors (Lipinski definition) is 7. The Morgan fingerprint density at radius 2 is 2.20 bits per heavy atom. The van der Waals surface area contributed by atoms with Crippen LogP contribution in [0.4, 0.5) is 5.69 Å². The van der Waals surface area contributed by atoms with E-state index in [-0.39, 0.29) is 5.69 Å². The van der Waals surface area contributed by atoms with Crippen molar-refractivity contribution < 1.29 is 23.8 Å². The number of ether oxygens (including phenoxy) is 3. The number of hydrogen-bond donors (Lipinski definition) is 0. The Balaban J connectivity index is 2.14. The molecular formula is C13H16N2O5. The summed E-state index contributed by atoms with van der Waals surface area (Å²) in [5, 5.41) is 0. The first kappa shape index (κ1) is 14.3. The van der Waals surface area contributed by atoms with Gasteiger partial charge in [-0.25, -0.2) is 14.6 Å². The van der Waals surface area contributed by atoms with Crippen molar-refractivity contribution in [3.05, 3.63) is 24.0 Å². The smallest absolute Gasteiger partial charge is 0.356 e. The van der Waals surface area contributed by atoms with Crippen LogP contribution in [0.15, 0.2) is 18.3 Å². The van der Waals surface area contributed by atoms with Gasteiger partial charge in [0, 0.05) is 18.4 Å². The van der Waals surface area contributed by atoms with Crippen LogP contribution in [0.1, 0.15) is 10.5 Å². The van der Waals surface area contributed by atoms with Gasteiger partial charge in [-0.3, -0.25) is 0 Å². The fraction of sp³-hybridized carbons (Fsp3) is 0.462. The molecule has 0 aromatic carbocycles. The number of aromatic nitrogens is 1. The Labute approximate surface area is 116 Å². The summed E-state index contributed by atoms with van der Waals surface area (Å²) >= 11 is 0. The maximum Gasteiger partial charge on any atom is 0.356 e. The molecule has 1 saturated heterocycles. The maximum atomic E-state index is 11.5. The second kappa shape index (κ2) is 6.33. The van der Waals surface area contributed by atoms with Crippen molar-refractivity contribution in [1.29, 1.82) is 0 Å². The highest BCUT2D eigenvalue weighted by molar-refractivity contribution is 5.88. The Kier molecular flexibility index (Phi) is 4.52. The average molecular weight is 280 g/mol. The first-order valence-electron chi connectivity index (χ1n) is 6.14. The molecule has 1 aliphatic heterocycles. The number of rotatable bonds is 3. The van der Waals surface area contributed by atoms with E-state index in [0.29, 0.717) is 19.7 Å². The van der Waals surface area contributed by atoms with Gasteiger partial charge in [-0.15, -0.1) is 0 Å². The van der Waals surface area contributed by atoms with Crippen molar-refractivity contribution in [3.8, 4) is 0 Å². The van der Waals surface area contributed by atoms with E-state index in [2.05, 4.69) is 14.5 Å². The van der Waals surface area contributed by atoms with Gasteiger partial charge in [0.1, 0.15) is 5.69 Å². The molecule has 7 heteroatoms. The van der Waals surface area contributed by atoms with Crippen LogP contribution in [-0.4, -0.2) is 56.9 Å². The van der Waals surface area contributed by atoms with Crippen LogP contribution < -0.4 is 4.90 Å². The minimum Gasteiger partial charge on any atom is -0.467 e. The summed E-state index contributed by atoms with van der Waals surface area (Å²) in [6, 6.07) is 3.40. The molecule has 2 heterocycles. The van der Waals surface area contributed by atoms with Gasteiger partial charge in [0.05, 0.1) is 27.4 Å². The second-order valence-corrected chi connectivity index (χ2v) is 4.22. The molecule has 1 fully saturated rings. The lowest BCUT2D eigenvalue weighted by Crippen LogP contribution is -2.46. The summed E-state index contributed by atoms with van der Waals surface area (Å²) in [5.74, 6) is -0.901. The Bertz CT molecular complexity index is 505. The molecule has 1 aliphatic rings. The van der Waals surface area contributed by atoms with E-state index in [1.165, 1.54) is 20.4 Å². The number of carbonyl (C=O) groups excluding carboxylic acids is 2. The normalized spacial score (nSPS) is 18.5. The minimum atomic E-state index is -0.622. The maximum absolute atomic E-state index is 11.5. The number of anilines is 1. The van der Waals surface area contributed by atoms with Crippen LogP contribution in [-0.2, 0) is 19.0 Å². The predicted molar refractivity (Wildman–Crippen MR) is 69.5 cm³/mol. The number of methoxy groups -OCH3 is 2. The van der Waals surface area contributed by atoms with Gasteiger partial charge in [-0.05, 0) is 12.1 Å². The van der Waals surface area contributed by atoms with E-state index in [9.17, 15) is 9.59 Å². The van der Waals surface area contributed by atoms with Crippen molar-refractivity contribution >= 4 is 17.6 Å². The molecule has 1 unspecified atom stereocenters. The fourth-order valence-electron chi connectivity index (χ4n) is 1.99. The number of morpholine rings is 1. The number of pyridine rings is 1. The molecule has 0 aliphatic carbocycles.